The van der Waals surface area contributed by atoms with Gasteiger partial charge in [0.2, 0.25) is 0 Å². The fourth-order valence-electron chi connectivity index (χ4n) is 3.20. The van der Waals surface area contributed by atoms with Crippen molar-refractivity contribution in [2.75, 3.05) is 26.4 Å². The SMILES string of the molecule is C1CCC(CCOCCOCC2CCCC2)C1. The highest BCUT2D eigenvalue weighted by molar-refractivity contribution is 4.67. The molecule has 2 aliphatic rings. The molecule has 0 aromatic rings. The van der Waals surface area contributed by atoms with Crippen LogP contribution in [0.5, 0.6) is 0 Å². The Morgan fingerprint density at radius 2 is 1.24 bits per heavy atom. The van der Waals surface area contributed by atoms with Crippen LogP contribution in [-0.4, -0.2) is 26.4 Å². The second-order valence-corrected chi connectivity index (χ2v) is 5.78. The zero-order valence-corrected chi connectivity index (χ0v) is 11.2. The van der Waals surface area contributed by atoms with Crippen molar-refractivity contribution in [3.8, 4) is 0 Å². The molecule has 0 N–H and O–H groups in total. The molecular weight excluding hydrogens is 212 g/mol. The van der Waals surface area contributed by atoms with Gasteiger partial charge < -0.3 is 9.47 Å². The van der Waals surface area contributed by atoms with E-state index >= 15 is 0 Å². The molecular formula is C15H28O2. The molecule has 0 heterocycles. The second-order valence-electron chi connectivity index (χ2n) is 5.78. The first-order valence-electron chi connectivity index (χ1n) is 7.60. The first-order valence-corrected chi connectivity index (χ1v) is 7.60. The van der Waals surface area contributed by atoms with Gasteiger partial charge in [0.25, 0.3) is 0 Å². The zero-order chi connectivity index (χ0) is 11.8. The normalized spacial score (nSPS) is 22.6. The quantitative estimate of drug-likeness (QED) is 0.601. The van der Waals surface area contributed by atoms with Gasteiger partial charge in [0.05, 0.1) is 13.2 Å². The van der Waals surface area contributed by atoms with E-state index in [9.17, 15) is 0 Å². The third-order valence-corrected chi connectivity index (χ3v) is 4.35. The molecule has 0 saturated heterocycles. The van der Waals surface area contributed by atoms with Crippen LogP contribution >= 0.6 is 0 Å². The highest BCUT2D eigenvalue weighted by Gasteiger charge is 2.15. The van der Waals surface area contributed by atoms with Crippen LogP contribution in [0.3, 0.4) is 0 Å². The summed E-state index contributed by atoms with van der Waals surface area (Å²) in [7, 11) is 0. The van der Waals surface area contributed by atoms with Gasteiger partial charge in [-0.1, -0.05) is 38.5 Å². The lowest BCUT2D eigenvalue weighted by Gasteiger charge is -2.11. The van der Waals surface area contributed by atoms with Crippen molar-refractivity contribution in [3.05, 3.63) is 0 Å². The fraction of sp³-hybridized carbons (Fsp3) is 1.00. The molecule has 2 aliphatic carbocycles. The smallest absolute Gasteiger partial charge is 0.0700 e. The maximum Gasteiger partial charge on any atom is 0.0700 e. The van der Waals surface area contributed by atoms with Crippen LogP contribution in [0.1, 0.15) is 57.8 Å². The molecule has 2 fully saturated rings. The zero-order valence-electron chi connectivity index (χ0n) is 11.2. The van der Waals surface area contributed by atoms with E-state index in [1.165, 1.54) is 57.8 Å². The van der Waals surface area contributed by atoms with Gasteiger partial charge in [-0.15, -0.1) is 0 Å². The van der Waals surface area contributed by atoms with E-state index in [4.69, 9.17) is 9.47 Å². The number of hydrogen-bond donors (Lipinski definition) is 0. The third kappa shape index (κ3) is 5.39. The molecule has 2 saturated carbocycles. The summed E-state index contributed by atoms with van der Waals surface area (Å²) in [4.78, 5) is 0. The summed E-state index contributed by atoms with van der Waals surface area (Å²) in [6.45, 7) is 3.49. The summed E-state index contributed by atoms with van der Waals surface area (Å²) in [6, 6.07) is 0. The van der Waals surface area contributed by atoms with Crippen LogP contribution in [0.4, 0.5) is 0 Å². The van der Waals surface area contributed by atoms with Gasteiger partial charge >= 0.3 is 0 Å². The van der Waals surface area contributed by atoms with Gasteiger partial charge in [0, 0.05) is 13.2 Å². The Kier molecular flexibility index (Phi) is 6.36. The van der Waals surface area contributed by atoms with Crippen molar-refractivity contribution in [1.82, 2.24) is 0 Å². The lowest BCUT2D eigenvalue weighted by atomic mass is 10.1. The largest absolute Gasteiger partial charge is 0.379 e. The standard InChI is InChI=1S/C15H28O2/c1-2-6-14(5-1)9-10-16-11-12-17-13-15-7-3-4-8-15/h14-15H,1-13H2. The third-order valence-electron chi connectivity index (χ3n) is 4.35. The van der Waals surface area contributed by atoms with Crippen LogP contribution in [0, 0.1) is 11.8 Å². The molecule has 2 rings (SSSR count). The van der Waals surface area contributed by atoms with Gasteiger partial charge in [-0.25, -0.2) is 0 Å². The van der Waals surface area contributed by atoms with Gasteiger partial charge in [-0.05, 0) is 31.1 Å². The predicted molar refractivity (Wildman–Crippen MR) is 70.2 cm³/mol. The van der Waals surface area contributed by atoms with Gasteiger partial charge in [0.1, 0.15) is 0 Å². The van der Waals surface area contributed by atoms with E-state index in [2.05, 4.69) is 0 Å². The number of rotatable bonds is 8. The Morgan fingerprint density at radius 1 is 0.647 bits per heavy atom. The molecule has 0 aromatic carbocycles. The summed E-state index contributed by atoms with van der Waals surface area (Å²) in [5, 5.41) is 0. The summed E-state index contributed by atoms with van der Waals surface area (Å²) in [5.41, 5.74) is 0. The highest BCUT2D eigenvalue weighted by atomic mass is 16.5. The topological polar surface area (TPSA) is 18.5 Å². The van der Waals surface area contributed by atoms with Crippen molar-refractivity contribution in [2.24, 2.45) is 11.8 Å². The van der Waals surface area contributed by atoms with Crippen LogP contribution in [0.2, 0.25) is 0 Å². The van der Waals surface area contributed by atoms with Crippen molar-refractivity contribution >= 4 is 0 Å². The minimum atomic E-state index is 0.791. The van der Waals surface area contributed by atoms with E-state index in [1.807, 2.05) is 0 Å². The summed E-state index contributed by atoms with van der Waals surface area (Å²) in [5.74, 6) is 1.79. The van der Waals surface area contributed by atoms with Crippen LogP contribution in [-0.2, 0) is 9.47 Å². The minimum absolute atomic E-state index is 0.791. The maximum atomic E-state index is 5.66. The Bertz CT molecular complexity index is 161. The summed E-state index contributed by atoms with van der Waals surface area (Å²) >= 11 is 0. The molecule has 0 amide bonds. The van der Waals surface area contributed by atoms with E-state index < -0.39 is 0 Å². The van der Waals surface area contributed by atoms with Crippen molar-refractivity contribution in [1.29, 1.82) is 0 Å². The molecule has 100 valence electrons. The first-order chi connectivity index (χ1) is 8.45. The van der Waals surface area contributed by atoms with Gasteiger partial charge in [0.15, 0.2) is 0 Å². The average molecular weight is 240 g/mol. The average Bonchev–Trinajstić information content (AvgIpc) is 3.00. The van der Waals surface area contributed by atoms with Crippen molar-refractivity contribution in [2.45, 2.75) is 57.8 Å². The molecule has 0 aliphatic heterocycles. The molecule has 2 heteroatoms. The van der Waals surface area contributed by atoms with Crippen molar-refractivity contribution < 1.29 is 9.47 Å². The Morgan fingerprint density at radius 3 is 1.94 bits per heavy atom. The molecule has 0 aromatic heterocycles. The molecule has 0 atom stereocenters. The molecule has 2 nitrogen and oxygen atoms in total. The molecule has 17 heavy (non-hydrogen) atoms. The first kappa shape index (κ1) is 13.4. The van der Waals surface area contributed by atoms with Crippen LogP contribution < -0.4 is 0 Å². The second kappa shape index (κ2) is 8.10. The fourth-order valence-corrected chi connectivity index (χ4v) is 3.20. The Balaban J connectivity index is 1.33. The van der Waals surface area contributed by atoms with E-state index in [0.29, 0.717) is 0 Å². The Labute approximate surface area is 106 Å². The molecule has 0 spiro atoms. The predicted octanol–water partition coefficient (Wildman–Crippen LogP) is 3.79. The van der Waals surface area contributed by atoms with Crippen LogP contribution in [0.15, 0.2) is 0 Å². The lowest BCUT2D eigenvalue weighted by molar-refractivity contribution is 0.0305. The van der Waals surface area contributed by atoms with Gasteiger partial charge in [-0.3, -0.25) is 0 Å². The summed E-state index contributed by atoms with van der Waals surface area (Å²) in [6.07, 6.45) is 12.6. The van der Waals surface area contributed by atoms with E-state index in [-0.39, 0.29) is 0 Å². The molecule has 0 bridgehead atoms. The van der Waals surface area contributed by atoms with E-state index in [0.717, 1.165) is 38.3 Å². The monoisotopic (exact) mass is 240 g/mol. The highest BCUT2D eigenvalue weighted by Crippen LogP contribution is 2.27. The lowest BCUT2D eigenvalue weighted by Crippen LogP contribution is -2.11. The summed E-state index contributed by atoms with van der Waals surface area (Å²) < 4.78 is 11.3. The molecule has 0 unspecified atom stereocenters. The maximum absolute atomic E-state index is 5.66. The van der Waals surface area contributed by atoms with Crippen LogP contribution in [0.25, 0.3) is 0 Å². The number of ether oxygens (including phenoxy) is 2. The van der Waals surface area contributed by atoms with Gasteiger partial charge in [-0.2, -0.15) is 0 Å². The Hall–Kier alpha value is -0.0800. The van der Waals surface area contributed by atoms with Crippen molar-refractivity contribution in [3.63, 3.8) is 0 Å². The van der Waals surface area contributed by atoms with E-state index in [1.54, 1.807) is 0 Å². The minimum Gasteiger partial charge on any atom is -0.379 e. The number of hydrogen-bond acceptors (Lipinski definition) is 2. The molecule has 0 radical (unpaired) electrons.